The highest BCUT2D eigenvalue weighted by atomic mass is 15.1. The molecule has 2 heteroatoms. The summed E-state index contributed by atoms with van der Waals surface area (Å²) in [6.07, 6.45) is 0. The van der Waals surface area contributed by atoms with Crippen LogP contribution in [0.4, 0.5) is 34.1 Å². The van der Waals surface area contributed by atoms with E-state index in [1.165, 1.54) is 100 Å². The Labute approximate surface area is 431 Å². The molecule has 10 aromatic rings. The van der Waals surface area contributed by atoms with Crippen LogP contribution in [0.3, 0.4) is 0 Å². The molecule has 0 heterocycles. The third-order valence-electron chi connectivity index (χ3n) is 16.7. The molecule has 10 aromatic carbocycles. The summed E-state index contributed by atoms with van der Waals surface area (Å²) in [6, 6.07) is 82.1. The summed E-state index contributed by atoms with van der Waals surface area (Å²) < 4.78 is 0. The fourth-order valence-electron chi connectivity index (χ4n) is 13.0. The van der Waals surface area contributed by atoms with E-state index in [0.717, 1.165) is 34.1 Å². The van der Waals surface area contributed by atoms with Crippen molar-refractivity contribution >= 4 is 34.1 Å². The van der Waals surface area contributed by atoms with Gasteiger partial charge in [-0.25, -0.2) is 0 Å². The monoisotopic (exact) mass is 940 g/mol. The minimum absolute atomic E-state index is 0.217. The summed E-state index contributed by atoms with van der Waals surface area (Å²) in [5, 5.41) is 0. The van der Waals surface area contributed by atoms with E-state index in [2.05, 4.69) is 284 Å². The molecular formula is C71H60N2. The summed E-state index contributed by atoms with van der Waals surface area (Å²) in [4.78, 5) is 4.80. The van der Waals surface area contributed by atoms with Gasteiger partial charge < -0.3 is 9.80 Å². The Morgan fingerprint density at radius 1 is 0.260 bits per heavy atom. The highest BCUT2D eigenvalue weighted by molar-refractivity contribution is 5.98. The van der Waals surface area contributed by atoms with Crippen molar-refractivity contribution in [3.63, 3.8) is 0 Å². The van der Waals surface area contributed by atoms with Gasteiger partial charge in [-0.2, -0.15) is 0 Å². The van der Waals surface area contributed by atoms with Gasteiger partial charge in [0.25, 0.3) is 0 Å². The smallest absolute Gasteiger partial charge is 0.0465 e. The average Bonchev–Trinajstić information content (AvgIpc) is 3.88. The number of fused-ring (bicyclic) bond motifs is 9. The van der Waals surface area contributed by atoms with Gasteiger partial charge >= 0.3 is 0 Å². The van der Waals surface area contributed by atoms with Crippen LogP contribution in [0, 0.1) is 13.8 Å². The van der Waals surface area contributed by atoms with Crippen molar-refractivity contribution in [1.82, 2.24) is 0 Å². The van der Waals surface area contributed by atoms with Crippen LogP contribution in [0.1, 0.15) is 86.1 Å². The van der Waals surface area contributed by atoms with E-state index in [1.54, 1.807) is 0 Å². The van der Waals surface area contributed by atoms with Crippen LogP contribution in [0.25, 0.3) is 55.6 Å². The molecule has 0 atom stereocenters. The zero-order valence-corrected chi connectivity index (χ0v) is 43.2. The minimum Gasteiger partial charge on any atom is -0.310 e. The number of benzene rings is 10. The maximum atomic E-state index is 2.55. The van der Waals surface area contributed by atoms with Gasteiger partial charge in [-0.05, 0) is 199 Å². The van der Waals surface area contributed by atoms with Crippen molar-refractivity contribution in [2.24, 2.45) is 0 Å². The van der Waals surface area contributed by atoms with Crippen molar-refractivity contribution in [2.45, 2.75) is 71.6 Å². The Hall–Kier alpha value is -8.20. The number of rotatable bonds is 8. The molecule has 13 rings (SSSR count). The van der Waals surface area contributed by atoms with Crippen LogP contribution in [0.2, 0.25) is 0 Å². The summed E-state index contributed by atoms with van der Waals surface area (Å²) in [6.45, 7) is 18.9. The maximum absolute atomic E-state index is 2.55. The quantitative estimate of drug-likeness (QED) is 0.150. The first-order valence-corrected chi connectivity index (χ1v) is 26.0. The molecule has 0 saturated heterocycles. The highest BCUT2D eigenvalue weighted by Crippen LogP contribution is 2.58. The Morgan fingerprint density at radius 2 is 0.644 bits per heavy atom. The third kappa shape index (κ3) is 6.91. The molecule has 0 bridgehead atoms. The number of hydrogen-bond donors (Lipinski definition) is 0. The second-order valence-electron chi connectivity index (χ2n) is 22.3. The number of hydrogen-bond acceptors (Lipinski definition) is 2. The van der Waals surface area contributed by atoms with E-state index >= 15 is 0 Å². The van der Waals surface area contributed by atoms with Crippen LogP contribution < -0.4 is 9.80 Å². The second kappa shape index (κ2) is 16.4. The van der Waals surface area contributed by atoms with Crippen molar-refractivity contribution in [3.8, 4) is 55.6 Å². The topological polar surface area (TPSA) is 6.48 Å². The molecule has 0 N–H and O–H groups in total. The zero-order valence-electron chi connectivity index (χ0n) is 43.2. The van der Waals surface area contributed by atoms with Gasteiger partial charge in [0.2, 0.25) is 0 Å². The largest absolute Gasteiger partial charge is 0.310 e. The van der Waals surface area contributed by atoms with Gasteiger partial charge in [-0.15, -0.1) is 0 Å². The molecule has 0 fully saturated rings. The number of anilines is 6. The van der Waals surface area contributed by atoms with Gasteiger partial charge in [0, 0.05) is 50.4 Å². The fraction of sp³-hybridized carbons (Fsp3) is 0.155. The Kier molecular flexibility index (Phi) is 10.1. The summed E-state index contributed by atoms with van der Waals surface area (Å²) >= 11 is 0. The molecule has 0 spiro atoms. The van der Waals surface area contributed by atoms with E-state index in [-0.39, 0.29) is 16.2 Å². The highest BCUT2D eigenvalue weighted by Gasteiger charge is 2.42. The Morgan fingerprint density at radius 3 is 1.16 bits per heavy atom. The maximum Gasteiger partial charge on any atom is 0.0465 e. The molecule has 0 aromatic heterocycles. The molecule has 73 heavy (non-hydrogen) atoms. The standard InChI is InChI=1S/C71H60N2/c1-45-19-17-25-51(39-45)72(49-21-11-9-12-22-49)53-31-35-59-57-33-29-47(41-63(57)69(3,4)65(59)43-53)55-37-38-61-56-27-15-16-28-62(56)71(7,8)68(61)67(55)48-30-34-58-60-36-32-54(44-66(60)70(5,6)64(58)42-48)73(50-23-13-10-14-24-50)52-26-18-20-46(2)40-52/h9-44H,1-8H3. The first-order chi connectivity index (χ1) is 35.3. The molecule has 354 valence electrons. The lowest BCUT2D eigenvalue weighted by Gasteiger charge is -2.29. The zero-order chi connectivity index (χ0) is 50.0. The first-order valence-electron chi connectivity index (χ1n) is 26.0. The number of para-hydroxylation sites is 2. The SMILES string of the molecule is Cc1cccc(N(c2ccccc2)c2ccc3c(c2)C(C)(C)c2cc(-c4ccc5c(c4-c4ccc6c(c4)C(C)(C)c4cc(N(c7ccccc7)c7cccc(C)c7)ccc4-6)C(C)(C)c4ccccc4-5)ccc2-3)c1. The van der Waals surface area contributed by atoms with Gasteiger partial charge in [0.15, 0.2) is 0 Å². The molecule has 2 nitrogen and oxygen atoms in total. The Balaban J connectivity index is 0.940. The Bertz CT molecular complexity index is 3850. The van der Waals surface area contributed by atoms with Gasteiger partial charge in [0.1, 0.15) is 0 Å². The number of nitrogens with zero attached hydrogens (tertiary/aromatic N) is 2. The summed E-state index contributed by atoms with van der Waals surface area (Å²) in [7, 11) is 0. The van der Waals surface area contributed by atoms with Crippen LogP contribution in [0.5, 0.6) is 0 Å². The minimum atomic E-state index is -0.250. The third-order valence-corrected chi connectivity index (χ3v) is 16.7. The van der Waals surface area contributed by atoms with E-state index in [4.69, 9.17) is 0 Å². The lowest BCUT2D eigenvalue weighted by molar-refractivity contribution is 0.658. The summed E-state index contributed by atoms with van der Waals surface area (Å²) in [5.74, 6) is 0. The van der Waals surface area contributed by atoms with Crippen molar-refractivity contribution in [3.05, 3.63) is 263 Å². The van der Waals surface area contributed by atoms with Crippen LogP contribution in [-0.4, -0.2) is 0 Å². The van der Waals surface area contributed by atoms with Crippen LogP contribution >= 0.6 is 0 Å². The van der Waals surface area contributed by atoms with Crippen molar-refractivity contribution < 1.29 is 0 Å². The molecule has 0 saturated carbocycles. The first kappa shape index (κ1) is 44.7. The van der Waals surface area contributed by atoms with Gasteiger partial charge in [0.05, 0.1) is 0 Å². The average molecular weight is 941 g/mol. The normalized spacial score (nSPS) is 14.6. The second-order valence-corrected chi connectivity index (χ2v) is 22.3. The molecular weight excluding hydrogens is 881 g/mol. The lowest BCUT2D eigenvalue weighted by Crippen LogP contribution is -2.18. The van der Waals surface area contributed by atoms with E-state index in [1.807, 2.05) is 0 Å². The lowest BCUT2D eigenvalue weighted by atomic mass is 9.75. The predicted octanol–water partition coefficient (Wildman–Crippen LogP) is 19.5. The molecule has 0 aliphatic heterocycles. The van der Waals surface area contributed by atoms with Gasteiger partial charge in [-0.3, -0.25) is 0 Å². The summed E-state index contributed by atoms with van der Waals surface area (Å²) in [5.41, 5.74) is 30.0. The molecule has 3 aliphatic rings. The van der Waals surface area contributed by atoms with Gasteiger partial charge in [-0.1, -0.05) is 175 Å². The predicted molar refractivity (Wildman–Crippen MR) is 309 cm³/mol. The molecule has 0 amide bonds. The van der Waals surface area contributed by atoms with Crippen molar-refractivity contribution in [2.75, 3.05) is 9.80 Å². The van der Waals surface area contributed by atoms with Crippen molar-refractivity contribution in [1.29, 1.82) is 0 Å². The fourth-order valence-corrected chi connectivity index (χ4v) is 13.0. The van der Waals surface area contributed by atoms with E-state index in [0.29, 0.717) is 0 Å². The van der Waals surface area contributed by atoms with E-state index < -0.39 is 0 Å². The van der Waals surface area contributed by atoms with E-state index in [9.17, 15) is 0 Å². The molecule has 0 radical (unpaired) electrons. The molecule has 3 aliphatic carbocycles. The number of aryl methyl sites for hydroxylation is 2. The molecule has 0 unspecified atom stereocenters. The van der Waals surface area contributed by atoms with Crippen LogP contribution in [-0.2, 0) is 16.2 Å². The van der Waals surface area contributed by atoms with Crippen LogP contribution in [0.15, 0.2) is 218 Å².